The Morgan fingerprint density at radius 1 is 1.13 bits per heavy atom. The smallest absolute Gasteiger partial charge is 0.350 e. The van der Waals surface area contributed by atoms with Crippen LogP contribution in [0, 0.1) is 5.92 Å². The molecule has 0 bridgehead atoms. The fourth-order valence-corrected chi connectivity index (χ4v) is 4.57. The van der Waals surface area contributed by atoms with E-state index in [0.717, 1.165) is 17.0 Å². The van der Waals surface area contributed by atoms with Crippen LogP contribution >= 0.6 is 0 Å². The van der Waals surface area contributed by atoms with Gasteiger partial charge in [-0.25, -0.2) is 17.1 Å². The second-order valence-electron chi connectivity index (χ2n) is 7.74. The topological polar surface area (TPSA) is 86.8 Å². The number of piperidine rings is 1. The van der Waals surface area contributed by atoms with Crippen LogP contribution in [0.4, 0.5) is 17.6 Å². The first-order valence-electron chi connectivity index (χ1n) is 9.84. The van der Waals surface area contributed by atoms with Crippen LogP contribution < -0.4 is 5.32 Å². The average Bonchev–Trinajstić information content (AvgIpc) is 3.13. The molecular weight excluding hydrogens is 442 g/mol. The van der Waals surface area contributed by atoms with Crippen LogP contribution in [-0.2, 0) is 33.2 Å². The van der Waals surface area contributed by atoms with Gasteiger partial charge in [-0.15, -0.1) is 0 Å². The quantitative estimate of drug-likeness (QED) is 0.510. The number of nitrogens with zero attached hydrogens (tertiary/aromatic N) is 2. The van der Waals surface area contributed by atoms with Gasteiger partial charge in [-0.05, 0) is 30.5 Å². The molecule has 0 radical (unpaired) electrons. The van der Waals surface area contributed by atoms with Crippen molar-refractivity contribution in [3.63, 3.8) is 0 Å². The normalized spacial score (nSPS) is 25.1. The van der Waals surface area contributed by atoms with Crippen LogP contribution in [0.5, 0.6) is 0 Å². The highest BCUT2D eigenvalue weighted by atomic mass is 32.2. The van der Waals surface area contributed by atoms with Gasteiger partial charge in [-0.3, -0.25) is 9.59 Å². The highest BCUT2D eigenvalue weighted by Crippen LogP contribution is 2.29. The number of rotatable bonds is 5. The van der Waals surface area contributed by atoms with E-state index >= 15 is 0 Å². The molecule has 31 heavy (non-hydrogen) atoms. The van der Waals surface area contributed by atoms with E-state index in [-0.39, 0.29) is 26.1 Å². The zero-order valence-corrected chi connectivity index (χ0v) is 17.4. The third-order valence-electron chi connectivity index (χ3n) is 5.56. The lowest BCUT2D eigenvalue weighted by Gasteiger charge is -2.32. The van der Waals surface area contributed by atoms with Crippen LogP contribution in [0.15, 0.2) is 24.3 Å². The van der Waals surface area contributed by atoms with E-state index in [9.17, 15) is 35.6 Å². The SMILES string of the molecule is O=C(NCc1ccc(C(F)(F)F)cc1)[C@H]1C[C@H](F)CN1C(=O)[C@H]1CCCN([SH](=O)=O)C1. The summed E-state index contributed by atoms with van der Waals surface area (Å²) in [6.07, 6.45) is -5.09. The minimum Gasteiger partial charge on any atom is -0.350 e. The molecule has 7 nitrogen and oxygen atoms in total. The van der Waals surface area contributed by atoms with Crippen molar-refractivity contribution in [2.45, 2.75) is 44.2 Å². The largest absolute Gasteiger partial charge is 0.416 e. The molecule has 0 aromatic heterocycles. The summed E-state index contributed by atoms with van der Waals surface area (Å²) in [6, 6.07) is 3.23. The number of amides is 2. The number of halogens is 4. The molecule has 0 aliphatic carbocycles. The van der Waals surface area contributed by atoms with Gasteiger partial charge in [0.25, 0.3) is 0 Å². The fraction of sp³-hybridized carbons (Fsp3) is 0.579. The minimum atomic E-state index is -4.46. The summed E-state index contributed by atoms with van der Waals surface area (Å²) in [7, 11) is -2.82. The van der Waals surface area contributed by atoms with Gasteiger partial charge < -0.3 is 10.2 Å². The molecule has 2 saturated heterocycles. The van der Waals surface area contributed by atoms with E-state index < -0.39 is 52.6 Å². The summed E-state index contributed by atoms with van der Waals surface area (Å²) in [5.74, 6) is -1.70. The predicted octanol–water partition coefficient (Wildman–Crippen LogP) is 1.50. The highest BCUT2D eigenvalue weighted by Gasteiger charge is 2.42. The van der Waals surface area contributed by atoms with Crippen LogP contribution in [0.2, 0.25) is 0 Å². The fourth-order valence-electron chi connectivity index (χ4n) is 3.94. The van der Waals surface area contributed by atoms with Gasteiger partial charge in [-0.1, -0.05) is 12.1 Å². The molecule has 3 rings (SSSR count). The Bertz CT molecular complexity index is 883. The number of hydrogen-bond donors (Lipinski definition) is 2. The maximum Gasteiger partial charge on any atom is 0.416 e. The Morgan fingerprint density at radius 2 is 1.81 bits per heavy atom. The average molecular weight is 465 g/mol. The molecule has 1 N–H and O–H groups in total. The first kappa shape index (κ1) is 23.5. The monoisotopic (exact) mass is 465 g/mol. The molecule has 0 saturated carbocycles. The summed E-state index contributed by atoms with van der Waals surface area (Å²) >= 11 is 0. The first-order valence-corrected chi connectivity index (χ1v) is 11.0. The number of hydrogen-bond acceptors (Lipinski definition) is 4. The molecule has 172 valence electrons. The molecule has 1 aromatic rings. The third kappa shape index (κ3) is 5.73. The van der Waals surface area contributed by atoms with Crippen molar-refractivity contribution in [2.24, 2.45) is 5.92 Å². The Balaban J connectivity index is 1.62. The van der Waals surface area contributed by atoms with Gasteiger partial charge >= 0.3 is 6.18 Å². The zero-order valence-electron chi connectivity index (χ0n) is 16.5. The molecule has 2 aliphatic rings. The third-order valence-corrected chi connectivity index (χ3v) is 6.39. The van der Waals surface area contributed by atoms with Crippen molar-refractivity contribution in [2.75, 3.05) is 19.6 Å². The molecule has 2 amide bonds. The van der Waals surface area contributed by atoms with Gasteiger partial charge in [0, 0.05) is 26.1 Å². The lowest BCUT2D eigenvalue weighted by atomic mass is 9.97. The molecule has 2 heterocycles. The molecule has 2 fully saturated rings. The van der Waals surface area contributed by atoms with Crippen molar-refractivity contribution in [3.8, 4) is 0 Å². The second-order valence-corrected chi connectivity index (χ2v) is 8.78. The molecule has 3 atom stereocenters. The molecular formula is C19H23F4N3O4S. The lowest BCUT2D eigenvalue weighted by Crippen LogP contribution is -2.50. The Labute approximate surface area is 178 Å². The van der Waals surface area contributed by atoms with Gasteiger partial charge in [0.15, 0.2) is 0 Å². The van der Waals surface area contributed by atoms with Gasteiger partial charge in [0.2, 0.25) is 22.7 Å². The zero-order chi connectivity index (χ0) is 22.8. The van der Waals surface area contributed by atoms with Crippen molar-refractivity contribution in [1.29, 1.82) is 0 Å². The predicted molar refractivity (Wildman–Crippen MR) is 103 cm³/mol. The Morgan fingerprint density at radius 3 is 2.42 bits per heavy atom. The summed E-state index contributed by atoms with van der Waals surface area (Å²) in [5, 5.41) is 2.55. The van der Waals surface area contributed by atoms with Crippen LogP contribution in [0.1, 0.15) is 30.4 Å². The van der Waals surface area contributed by atoms with E-state index in [2.05, 4.69) is 5.32 Å². The van der Waals surface area contributed by atoms with E-state index in [4.69, 9.17) is 0 Å². The molecule has 2 aliphatic heterocycles. The van der Waals surface area contributed by atoms with E-state index in [1.807, 2.05) is 0 Å². The maximum absolute atomic E-state index is 14.0. The molecule has 1 aromatic carbocycles. The van der Waals surface area contributed by atoms with Crippen molar-refractivity contribution >= 4 is 22.7 Å². The molecule has 0 unspecified atom stereocenters. The Kier molecular flexibility index (Phi) is 7.20. The van der Waals surface area contributed by atoms with E-state index in [1.54, 1.807) is 0 Å². The number of carbonyl (C=O) groups is 2. The van der Waals surface area contributed by atoms with Crippen molar-refractivity contribution in [1.82, 2.24) is 14.5 Å². The summed E-state index contributed by atoms with van der Waals surface area (Å²) in [5.41, 5.74) is -0.382. The van der Waals surface area contributed by atoms with Gasteiger partial charge in [0.05, 0.1) is 18.0 Å². The van der Waals surface area contributed by atoms with Gasteiger partial charge in [0.1, 0.15) is 12.2 Å². The summed E-state index contributed by atoms with van der Waals surface area (Å²) in [4.78, 5) is 26.6. The number of likely N-dealkylation sites (tertiary alicyclic amines) is 1. The standard InChI is InChI=1S/C19H23F4N3O4S/c20-15-8-16(17(27)24-9-12-3-5-14(6-4-12)19(21,22)23)26(11-15)18(28)13-2-1-7-25(10-13)31(29)30/h3-6,13,15-16,31H,1-2,7-11H2,(H,24,27)/t13-,15-,16+/m0/s1. The van der Waals surface area contributed by atoms with Crippen LogP contribution in [0.3, 0.4) is 0 Å². The summed E-state index contributed by atoms with van der Waals surface area (Å²) in [6.45, 7) is 0.00761. The lowest BCUT2D eigenvalue weighted by molar-refractivity contribution is -0.142. The van der Waals surface area contributed by atoms with Crippen molar-refractivity contribution < 1.29 is 35.6 Å². The highest BCUT2D eigenvalue weighted by molar-refractivity contribution is 7.69. The van der Waals surface area contributed by atoms with E-state index in [0.29, 0.717) is 24.9 Å². The summed E-state index contributed by atoms with van der Waals surface area (Å²) < 4.78 is 75.6. The molecule has 12 heteroatoms. The minimum absolute atomic E-state index is 0.00484. The number of benzene rings is 1. The van der Waals surface area contributed by atoms with Gasteiger partial charge in [-0.2, -0.15) is 13.2 Å². The second kappa shape index (κ2) is 9.51. The number of alkyl halides is 4. The van der Waals surface area contributed by atoms with Crippen LogP contribution in [0.25, 0.3) is 0 Å². The number of carbonyl (C=O) groups excluding carboxylic acids is 2. The van der Waals surface area contributed by atoms with Crippen LogP contribution in [-0.4, -0.2) is 61.3 Å². The first-order chi connectivity index (χ1) is 14.6. The maximum atomic E-state index is 14.0. The Hall–Kier alpha value is -2.21. The van der Waals surface area contributed by atoms with Crippen molar-refractivity contribution in [3.05, 3.63) is 35.4 Å². The number of nitrogens with one attached hydrogen (secondary N) is 1. The molecule has 0 spiro atoms. The van der Waals surface area contributed by atoms with E-state index in [1.165, 1.54) is 16.4 Å². The number of thiol groups is 1.